The monoisotopic (exact) mass is 346 g/mol. The van der Waals surface area contributed by atoms with E-state index < -0.39 is 0 Å². The zero-order valence-corrected chi connectivity index (χ0v) is 13.6. The molecule has 26 heavy (non-hydrogen) atoms. The van der Waals surface area contributed by atoms with Crippen molar-refractivity contribution in [2.24, 2.45) is 0 Å². The van der Waals surface area contributed by atoms with Gasteiger partial charge in [-0.25, -0.2) is 9.97 Å². The van der Waals surface area contributed by atoms with Crippen molar-refractivity contribution in [3.8, 4) is 17.1 Å². The molecule has 0 fully saturated rings. The number of rotatable bonds is 3. The molecule has 4 rings (SSSR count). The number of nitrogens with zero attached hydrogens (tertiary/aromatic N) is 2. The molecule has 3 aromatic rings. The van der Waals surface area contributed by atoms with Gasteiger partial charge in [0.2, 0.25) is 0 Å². The number of amides is 2. The van der Waals surface area contributed by atoms with Crippen molar-refractivity contribution < 1.29 is 14.3 Å². The highest BCUT2D eigenvalue weighted by atomic mass is 16.5. The molecule has 0 saturated heterocycles. The molecule has 7 heteroatoms. The van der Waals surface area contributed by atoms with Gasteiger partial charge in [0.1, 0.15) is 5.75 Å². The SMILES string of the molecule is O=C1COc2ccc(C(=O)Nc3cnc(-c4ccccc4)nc3)cc2N1. The second-order valence-corrected chi connectivity index (χ2v) is 5.66. The molecule has 2 N–H and O–H groups in total. The first-order valence-corrected chi connectivity index (χ1v) is 7.94. The van der Waals surface area contributed by atoms with E-state index in [1.807, 2.05) is 30.3 Å². The van der Waals surface area contributed by atoms with E-state index in [9.17, 15) is 9.59 Å². The highest BCUT2D eigenvalue weighted by Crippen LogP contribution is 2.28. The Labute approximate surface area is 149 Å². The molecule has 0 radical (unpaired) electrons. The number of anilines is 2. The molecule has 1 aliphatic rings. The largest absolute Gasteiger partial charge is 0.482 e. The van der Waals surface area contributed by atoms with Crippen LogP contribution in [0.4, 0.5) is 11.4 Å². The van der Waals surface area contributed by atoms with Crippen LogP contribution >= 0.6 is 0 Å². The summed E-state index contributed by atoms with van der Waals surface area (Å²) in [6.45, 7) is -0.0242. The number of aromatic nitrogens is 2. The molecule has 0 spiro atoms. The Hall–Kier alpha value is -3.74. The number of nitrogens with one attached hydrogen (secondary N) is 2. The zero-order chi connectivity index (χ0) is 17.9. The lowest BCUT2D eigenvalue weighted by Gasteiger charge is -2.18. The predicted octanol–water partition coefficient (Wildman–Crippen LogP) is 2.73. The number of hydrogen-bond acceptors (Lipinski definition) is 5. The first kappa shape index (κ1) is 15.8. The van der Waals surface area contributed by atoms with Gasteiger partial charge in [0.25, 0.3) is 11.8 Å². The summed E-state index contributed by atoms with van der Waals surface area (Å²) in [5.41, 5.74) is 2.25. The first-order valence-electron chi connectivity index (χ1n) is 7.94. The van der Waals surface area contributed by atoms with Crippen LogP contribution in [0.3, 0.4) is 0 Å². The maximum Gasteiger partial charge on any atom is 0.262 e. The van der Waals surface area contributed by atoms with Gasteiger partial charge in [-0.2, -0.15) is 0 Å². The Balaban J connectivity index is 1.50. The van der Waals surface area contributed by atoms with Crippen LogP contribution in [0, 0.1) is 0 Å². The number of fused-ring (bicyclic) bond motifs is 1. The second-order valence-electron chi connectivity index (χ2n) is 5.66. The smallest absolute Gasteiger partial charge is 0.262 e. The Kier molecular flexibility index (Phi) is 4.03. The van der Waals surface area contributed by atoms with Crippen molar-refractivity contribution >= 4 is 23.2 Å². The summed E-state index contributed by atoms with van der Waals surface area (Å²) < 4.78 is 5.28. The van der Waals surface area contributed by atoms with E-state index in [0.29, 0.717) is 28.5 Å². The summed E-state index contributed by atoms with van der Waals surface area (Å²) in [5.74, 6) is 0.539. The molecule has 1 aromatic heterocycles. The van der Waals surface area contributed by atoms with Gasteiger partial charge in [-0.3, -0.25) is 9.59 Å². The predicted molar refractivity (Wildman–Crippen MR) is 96.0 cm³/mol. The molecule has 0 unspecified atom stereocenters. The van der Waals surface area contributed by atoms with Crippen LogP contribution in [0.25, 0.3) is 11.4 Å². The summed E-state index contributed by atoms with van der Waals surface area (Å²) in [5, 5.41) is 5.41. The summed E-state index contributed by atoms with van der Waals surface area (Å²) in [7, 11) is 0. The van der Waals surface area contributed by atoms with Crippen molar-refractivity contribution in [3.05, 3.63) is 66.5 Å². The van der Waals surface area contributed by atoms with E-state index in [1.54, 1.807) is 30.6 Å². The van der Waals surface area contributed by atoms with Crippen LogP contribution in [0.2, 0.25) is 0 Å². The molecule has 2 amide bonds. The van der Waals surface area contributed by atoms with Crippen molar-refractivity contribution in [1.82, 2.24) is 9.97 Å². The Bertz CT molecular complexity index is 972. The van der Waals surface area contributed by atoms with Gasteiger partial charge in [-0.1, -0.05) is 30.3 Å². The summed E-state index contributed by atoms with van der Waals surface area (Å²) in [4.78, 5) is 32.4. The number of hydrogen-bond donors (Lipinski definition) is 2. The fraction of sp³-hybridized carbons (Fsp3) is 0.0526. The van der Waals surface area contributed by atoms with Crippen molar-refractivity contribution in [2.75, 3.05) is 17.2 Å². The van der Waals surface area contributed by atoms with E-state index >= 15 is 0 Å². The van der Waals surface area contributed by atoms with Gasteiger partial charge in [-0.05, 0) is 18.2 Å². The summed E-state index contributed by atoms with van der Waals surface area (Å²) >= 11 is 0. The van der Waals surface area contributed by atoms with Crippen LogP contribution in [0.1, 0.15) is 10.4 Å². The summed E-state index contributed by atoms with van der Waals surface area (Å²) in [6, 6.07) is 14.4. The molecular weight excluding hydrogens is 332 g/mol. The lowest BCUT2D eigenvalue weighted by atomic mass is 10.1. The molecule has 1 aliphatic heterocycles. The number of benzene rings is 2. The molecular formula is C19H14N4O3. The standard InChI is InChI=1S/C19H14N4O3/c24-17-11-26-16-7-6-13(8-15(16)23-17)19(25)22-14-9-20-18(21-10-14)12-4-2-1-3-5-12/h1-10H,11H2,(H,22,25)(H,23,24). The van der Waals surface area contributed by atoms with E-state index in [1.165, 1.54) is 0 Å². The summed E-state index contributed by atoms with van der Waals surface area (Å²) in [6.07, 6.45) is 3.10. The highest BCUT2D eigenvalue weighted by Gasteiger charge is 2.18. The quantitative estimate of drug-likeness (QED) is 0.761. The number of carbonyl (C=O) groups excluding carboxylic acids is 2. The van der Waals surface area contributed by atoms with Crippen molar-refractivity contribution in [1.29, 1.82) is 0 Å². The molecule has 7 nitrogen and oxygen atoms in total. The molecule has 0 saturated carbocycles. The molecule has 2 heterocycles. The van der Waals surface area contributed by atoms with E-state index in [0.717, 1.165) is 5.56 Å². The Morgan fingerprint density at radius 2 is 1.85 bits per heavy atom. The van der Waals surface area contributed by atoms with Gasteiger partial charge in [-0.15, -0.1) is 0 Å². The molecule has 0 bridgehead atoms. The second kappa shape index (κ2) is 6.64. The van der Waals surface area contributed by atoms with E-state index in [2.05, 4.69) is 20.6 Å². The van der Waals surface area contributed by atoms with Gasteiger partial charge < -0.3 is 15.4 Å². The van der Waals surface area contributed by atoms with Crippen LogP contribution in [-0.4, -0.2) is 28.4 Å². The fourth-order valence-electron chi connectivity index (χ4n) is 2.56. The van der Waals surface area contributed by atoms with Gasteiger partial charge in [0.05, 0.1) is 23.8 Å². The van der Waals surface area contributed by atoms with Crippen LogP contribution in [0.5, 0.6) is 5.75 Å². The lowest BCUT2D eigenvalue weighted by molar-refractivity contribution is -0.118. The minimum Gasteiger partial charge on any atom is -0.482 e. The van der Waals surface area contributed by atoms with Crippen LogP contribution in [0.15, 0.2) is 60.9 Å². The van der Waals surface area contributed by atoms with Crippen molar-refractivity contribution in [2.45, 2.75) is 0 Å². The third-order valence-corrected chi connectivity index (χ3v) is 3.82. The topological polar surface area (TPSA) is 93.2 Å². The maximum atomic E-state index is 12.4. The maximum absolute atomic E-state index is 12.4. The van der Waals surface area contributed by atoms with E-state index in [-0.39, 0.29) is 18.4 Å². The minimum atomic E-state index is -0.330. The van der Waals surface area contributed by atoms with Crippen LogP contribution in [-0.2, 0) is 4.79 Å². The van der Waals surface area contributed by atoms with Gasteiger partial charge in [0, 0.05) is 11.1 Å². The van der Waals surface area contributed by atoms with E-state index in [4.69, 9.17) is 4.74 Å². The third kappa shape index (κ3) is 3.23. The molecule has 0 atom stereocenters. The van der Waals surface area contributed by atoms with Crippen molar-refractivity contribution in [3.63, 3.8) is 0 Å². The number of ether oxygens (including phenoxy) is 1. The minimum absolute atomic E-state index is 0.0242. The Morgan fingerprint density at radius 1 is 1.08 bits per heavy atom. The third-order valence-electron chi connectivity index (χ3n) is 3.82. The zero-order valence-electron chi connectivity index (χ0n) is 13.6. The number of carbonyl (C=O) groups is 2. The Morgan fingerprint density at radius 3 is 2.62 bits per heavy atom. The first-order chi connectivity index (χ1) is 12.7. The van der Waals surface area contributed by atoms with Crippen LogP contribution < -0.4 is 15.4 Å². The lowest BCUT2D eigenvalue weighted by Crippen LogP contribution is -2.25. The normalized spacial score (nSPS) is 12.5. The molecule has 0 aliphatic carbocycles. The van der Waals surface area contributed by atoms with Gasteiger partial charge >= 0.3 is 0 Å². The molecule has 128 valence electrons. The van der Waals surface area contributed by atoms with Gasteiger partial charge in [0.15, 0.2) is 12.4 Å². The average molecular weight is 346 g/mol. The molecule has 2 aromatic carbocycles. The highest BCUT2D eigenvalue weighted by molar-refractivity contribution is 6.06. The fourth-order valence-corrected chi connectivity index (χ4v) is 2.56. The average Bonchev–Trinajstić information content (AvgIpc) is 2.68.